The Kier molecular flexibility index (Phi) is 30.2. The van der Waals surface area contributed by atoms with Gasteiger partial charge in [0, 0.05) is 12.8 Å². The first-order valence-electron chi connectivity index (χ1n) is 20.6. The van der Waals surface area contributed by atoms with Gasteiger partial charge in [0.1, 0.15) is 31.0 Å². The lowest BCUT2D eigenvalue weighted by molar-refractivity contribution is -0.305. The van der Waals surface area contributed by atoms with Crippen molar-refractivity contribution in [2.24, 2.45) is 0 Å². The summed E-state index contributed by atoms with van der Waals surface area (Å²) in [5, 5.41) is 39.9. The predicted octanol–water partition coefficient (Wildman–Crippen LogP) is 7.83. The highest BCUT2D eigenvalue weighted by Gasteiger charge is 2.44. The van der Waals surface area contributed by atoms with Crippen LogP contribution in [0.15, 0.2) is 0 Å². The fourth-order valence-electron chi connectivity index (χ4n) is 6.42. The van der Waals surface area contributed by atoms with Gasteiger partial charge in [-0.2, -0.15) is 0 Å². The summed E-state index contributed by atoms with van der Waals surface area (Å²) in [5.41, 5.74) is 0. The molecule has 0 aliphatic carbocycles. The highest BCUT2D eigenvalue weighted by Crippen LogP contribution is 2.23. The first-order valence-corrected chi connectivity index (χ1v) is 20.6. The Morgan fingerprint density at radius 1 is 0.540 bits per heavy atom. The topological polar surface area (TPSA) is 152 Å². The predicted molar refractivity (Wildman–Crippen MR) is 197 cm³/mol. The van der Waals surface area contributed by atoms with Gasteiger partial charge >= 0.3 is 11.9 Å². The molecule has 1 rings (SSSR count). The van der Waals surface area contributed by atoms with E-state index in [1.165, 1.54) is 116 Å². The summed E-state index contributed by atoms with van der Waals surface area (Å²) in [6.45, 7) is 3.41. The van der Waals surface area contributed by atoms with Crippen molar-refractivity contribution in [1.82, 2.24) is 0 Å². The van der Waals surface area contributed by atoms with E-state index in [4.69, 9.17) is 18.9 Å². The van der Waals surface area contributed by atoms with Crippen LogP contribution in [0.1, 0.15) is 187 Å². The molecule has 0 amide bonds. The molecule has 296 valence electrons. The molecular formula is C40H76O10. The zero-order chi connectivity index (χ0) is 36.7. The summed E-state index contributed by atoms with van der Waals surface area (Å²) in [5.74, 6) is -0.797. The molecule has 4 N–H and O–H groups in total. The smallest absolute Gasteiger partial charge is 0.306 e. The first-order chi connectivity index (χ1) is 24.3. The van der Waals surface area contributed by atoms with Crippen LogP contribution < -0.4 is 0 Å². The van der Waals surface area contributed by atoms with Crippen LogP contribution in [0.4, 0.5) is 0 Å². The monoisotopic (exact) mass is 717 g/mol. The van der Waals surface area contributed by atoms with Crippen molar-refractivity contribution in [3.63, 3.8) is 0 Å². The van der Waals surface area contributed by atoms with Gasteiger partial charge in [0.25, 0.3) is 0 Å². The van der Waals surface area contributed by atoms with Crippen molar-refractivity contribution in [3.8, 4) is 0 Å². The van der Waals surface area contributed by atoms with Crippen LogP contribution in [0.3, 0.4) is 0 Å². The molecule has 10 nitrogen and oxygen atoms in total. The van der Waals surface area contributed by atoms with Gasteiger partial charge in [-0.3, -0.25) is 9.59 Å². The van der Waals surface area contributed by atoms with Crippen molar-refractivity contribution in [1.29, 1.82) is 0 Å². The Hall–Kier alpha value is -1.30. The van der Waals surface area contributed by atoms with Crippen LogP contribution in [0.25, 0.3) is 0 Å². The molecule has 0 spiro atoms. The lowest BCUT2D eigenvalue weighted by Crippen LogP contribution is -2.59. The van der Waals surface area contributed by atoms with Crippen LogP contribution >= 0.6 is 0 Å². The second-order valence-corrected chi connectivity index (χ2v) is 14.5. The van der Waals surface area contributed by atoms with Crippen molar-refractivity contribution in [3.05, 3.63) is 0 Å². The van der Waals surface area contributed by atoms with E-state index in [-0.39, 0.29) is 32.0 Å². The number of aliphatic hydroxyl groups is 4. The second-order valence-electron chi connectivity index (χ2n) is 14.5. The number of carbonyl (C=O) groups excluding carboxylic acids is 2. The van der Waals surface area contributed by atoms with Crippen molar-refractivity contribution >= 4 is 11.9 Å². The number of aliphatic hydroxyl groups excluding tert-OH is 4. The van der Waals surface area contributed by atoms with Crippen LogP contribution in [-0.4, -0.2) is 89.0 Å². The van der Waals surface area contributed by atoms with Gasteiger partial charge in [-0.1, -0.05) is 162 Å². The Morgan fingerprint density at radius 3 is 1.36 bits per heavy atom. The summed E-state index contributed by atoms with van der Waals surface area (Å²) in [4.78, 5) is 25.2. The Labute approximate surface area is 304 Å². The molecule has 6 atom stereocenters. The maximum absolute atomic E-state index is 12.7. The van der Waals surface area contributed by atoms with Gasteiger partial charge in [-0.25, -0.2) is 0 Å². The van der Waals surface area contributed by atoms with E-state index in [2.05, 4.69) is 13.8 Å². The van der Waals surface area contributed by atoms with E-state index >= 15 is 0 Å². The van der Waals surface area contributed by atoms with Gasteiger partial charge < -0.3 is 39.4 Å². The van der Waals surface area contributed by atoms with E-state index in [0.717, 1.165) is 38.5 Å². The average Bonchev–Trinajstić information content (AvgIpc) is 3.11. The standard InChI is InChI=1S/C40H76O10/c1-3-5-7-9-11-13-15-16-17-18-19-21-22-24-26-28-35(42)47-31-33(32-48-40-39(46)38(45)37(44)34(30-41)50-40)49-36(43)29-27-25-23-20-14-12-10-8-6-4-2/h33-34,37-41,44-46H,3-32H2,1-2H3/t33-,34-,37+,38+,39-,40-/m1/s1. The van der Waals surface area contributed by atoms with Crippen LogP contribution in [0.5, 0.6) is 0 Å². The Morgan fingerprint density at radius 2 is 0.940 bits per heavy atom. The molecule has 0 aromatic carbocycles. The van der Waals surface area contributed by atoms with Crippen LogP contribution in [-0.2, 0) is 28.5 Å². The van der Waals surface area contributed by atoms with Crippen LogP contribution in [0.2, 0.25) is 0 Å². The van der Waals surface area contributed by atoms with E-state index in [9.17, 15) is 30.0 Å². The normalized spacial score (nSPS) is 21.3. The maximum Gasteiger partial charge on any atom is 0.306 e. The molecule has 1 heterocycles. The molecule has 1 fully saturated rings. The molecule has 0 unspecified atom stereocenters. The minimum absolute atomic E-state index is 0.210. The molecule has 0 aromatic heterocycles. The van der Waals surface area contributed by atoms with Crippen molar-refractivity contribution < 1.29 is 49.0 Å². The van der Waals surface area contributed by atoms with E-state index in [0.29, 0.717) is 6.42 Å². The van der Waals surface area contributed by atoms with Gasteiger partial charge in [0.15, 0.2) is 12.4 Å². The zero-order valence-corrected chi connectivity index (χ0v) is 31.9. The third-order valence-corrected chi connectivity index (χ3v) is 9.74. The minimum atomic E-state index is -1.59. The third kappa shape index (κ3) is 24.0. The Bertz CT molecular complexity index is 794. The number of ether oxygens (including phenoxy) is 4. The highest BCUT2D eigenvalue weighted by molar-refractivity contribution is 5.70. The van der Waals surface area contributed by atoms with E-state index in [1.807, 2.05) is 0 Å². The molecule has 50 heavy (non-hydrogen) atoms. The largest absolute Gasteiger partial charge is 0.462 e. The number of hydrogen-bond donors (Lipinski definition) is 4. The lowest BCUT2D eigenvalue weighted by atomic mass is 9.99. The summed E-state index contributed by atoms with van der Waals surface area (Å²) in [6, 6.07) is 0. The SMILES string of the molecule is CCCCCCCCCCCCCCCCCC(=O)OC[C@H](CO[C@@H]1O[C@H](CO)[C@H](O)[C@H](O)[C@H]1O)OC(=O)CCCCCCCCCCCC. The Balaban J connectivity index is 2.34. The van der Waals surface area contributed by atoms with Crippen LogP contribution in [0, 0.1) is 0 Å². The van der Waals surface area contributed by atoms with Gasteiger partial charge in [-0.05, 0) is 12.8 Å². The molecular weight excluding hydrogens is 640 g/mol. The van der Waals surface area contributed by atoms with E-state index in [1.54, 1.807) is 0 Å². The number of hydrogen-bond acceptors (Lipinski definition) is 10. The lowest BCUT2D eigenvalue weighted by Gasteiger charge is -2.39. The third-order valence-electron chi connectivity index (χ3n) is 9.74. The fourth-order valence-corrected chi connectivity index (χ4v) is 6.42. The summed E-state index contributed by atoms with van der Waals surface area (Å²) in [6.07, 6.45) is 22.6. The average molecular weight is 717 g/mol. The molecule has 0 bridgehead atoms. The number of rotatable bonds is 34. The highest BCUT2D eigenvalue weighted by atomic mass is 16.7. The minimum Gasteiger partial charge on any atom is -0.462 e. The maximum atomic E-state index is 12.7. The van der Waals surface area contributed by atoms with Gasteiger partial charge in [0.05, 0.1) is 13.2 Å². The van der Waals surface area contributed by atoms with Gasteiger partial charge in [0.2, 0.25) is 0 Å². The number of esters is 2. The first kappa shape index (κ1) is 46.7. The fraction of sp³-hybridized carbons (Fsp3) is 0.950. The summed E-state index contributed by atoms with van der Waals surface area (Å²) < 4.78 is 22.1. The van der Waals surface area contributed by atoms with Gasteiger partial charge in [-0.15, -0.1) is 0 Å². The quantitative estimate of drug-likeness (QED) is 0.0383. The summed E-state index contributed by atoms with van der Waals surface area (Å²) >= 11 is 0. The van der Waals surface area contributed by atoms with E-state index < -0.39 is 49.4 Å². The zero-order valence-electron chi connectivity index (χ0n) is 31.9. The second kappa shape index (κ2) is 32.4. The van der Waals surface area contributed by atoms with Crippen molar-refractivity contribution in [2.45, 2.75) is 224 Å². The summed E-state index contributed by atoms with van der Waals surface area (Å²) in [7, 11) is 0. The number of carbonyl (C=O) groups is 2. The number of unbranched alkanes of at least 4 members (excludes halogenated alkanes) is 23. The molecule has 1 aliphatic heterocycles. The van der Waals surface area contributed by atoms with Crippen molar-refractivity contribution in [2.75, 3.05) is 19.8 Å². The molecule has 0 saturated carbocycles. The molecule has 0 radical (unpaired) electrons. The molecule has 1 saturated heterocycles. The molecule has 1 aliphatic rings. The molecule has 0 aromatic rings. The molecule has 10 heteroatoms.